The number of pyridine rings is 1. The zero-order valence-corrected chi connectivity index (χ0v) is 31.7. The van der Waals surface area contributed by atoms with Crippen molar-refractivity contribution in [3.63, 3.8) is 0 Å². The first kappa shape index (κ1) is 32.7. The molecular weight excluding hydrogens is 701 g/mol. The summed E-state index contributed by atoms with van der Waals surface area (Å²) in [5, 5.41) is 3.56. The van der Waals surface area contributed by atoms with Crippen LogP contribution < -0.4 is 4.90 Å². The summed E-state index contributed by atoms with van der Waals surface area (Å²) in [4.78, 5) is 7.64. The Bertz CT molecular complexity index is 3170. The van der Waals surface area contributed by atoms with E-state index in [1.54, 1.807) is 0 Å². The molecule has 10 aromatic rings. The largest absolute Gasteiger partial charge is 0.310 e. The summed E-state index contributed by atoms with van der Waals surface area (Å²) in [6.45, 7) is 0. The molecule has 2 aliphatic rings. The van der Waals surface area contributed by atoms with E-state index in [1.165, 1.54) is 55.3 Å². The van der Waals surface area contributed by atoms with Gasteiger partial charge in [-0.2, -0.15) is 0 Å². The van der Waals surface area contributed by atoms with E-state index in [1.807, 2.05) is 0 Å². The third kappa shape index (κ3) is 4.76. The molecule has 0 N–H and O–H groups in total. The first-order chi connectivity index (χ1) is 28.8. The molecule has 270 valence electrons. The van der Waals surface area contributed by atoms with Gasteiger partial charge in [-0.1, -0.05) is 170 Å². The van der Waals surface area contributed by atoms with E-state index in [4.69, 9.17) is 4.98 Å². The van der Waals surface area contributed by atoms with Crippen LogP contribution in [-0.4, -0.2) is 4.98 Å². The van der Waals surface area contributed by atoms with Crippen molar-refractivity contribution in [2.45, 2.75) is 5.41 Å². The number of rotatable bonds is 5. The third-order valence-electron chi connectivity index (χ3n) is 12.4. The fraction of sp³-hybridized carbons (Fsp3) is 0.0179. The van der Waals surface area contributed by atoms with Gasteiger partial charge in [-0.3, -0.25) is 0 Å². The third-order valence-corrected chi connectivity index (χ3v) is 12.4. The van der Waals surface area contributed by atoms with E-state index < -0.39 is 5.41 Å². The number of benzene rings is 9. The fourth-order valence-corrected chi connectivity index (χ4v) is 9.93. The molecule has 1 spiro atoms. The van der Waals surface area contributed by atoms with E-state index in [2.05, 4.69) is 223 Å². The van der Waals surface area contributed by atoms with E-state index in [9.17, 15) is 0 Å². The Labute approximate surface area is 338 Å². The Kier molecular flexibility index (Phi) is 7.18. The second-order valence-electron chi connectivity index (χ2n) is 15.5. The highest BCUT2D eigenvalue weighted by Crippen LogP contribution is 2.63. The smallest absolute Gasteiger partial charge is 0.0788 e. The molecule has 0 radical (unpaired) electrons. The maximum absolute atomic E-state index is 5.21. The van der Waals surface area contributed by atoms with Gasteiger partial charge < -0.3 is 4.90 Å². The Morgan fingerprint density at radius 1 is 0.310 bits per heavy atom. The van der Waals surface area contributed by atoms with Gasteiger partial charge in [0.25, 0.3) is 0 Å². The Balaban J connectivity index is 1.07. The molecule has 0 saturated heterocycles. The summed E-state index contributed by atoms with van der Waals surface area (Å²) in [5.41, 5.74) is 18.8. The van der Waals surface area contributed by atoms with Crippen molar-refractivity contribution in [3.05, 3.63) is 241 Å². The summed E-state index contributed by atoms with van der Waals surface area (Å²) in [6, 6.07) is 79.9. The van der Waals surface area contributed by atoms with Crippen molar-refractivity contribution < 1.29 is 0 Å². The van der Waals surface area contributed by atoms with Gasteiger partial charge in [-0.25, -0.2) is 4.98 Å². The van der Waals surface area contributed by atoms with E-state index >= 15 is 0 Å². The molecule has 9 aromatic carbocycles. The lowest BCUT2D eigenvalue weighted by Crippen LogP contribution is -2.26. The summed E-state index contributed by atoms with van der Waals surface area (Å²) in [6.07, 6.45) is 0. The van der Waals surface area contributed by atoms with Crippen LogP contribution >= 0.6 is 0 Å². The SMILES string of the molecule is c1ccc(-c2nc3ccccc3cc2-c2ccc(N(c3ccc4c(c3)C3(c5ccccc5-c5ccccc53)c3ccccc3-4)c3ccc4ccccc4c3)cc2)cc1. The van der Waals surface area contributed by atoms with Gasteiger partial charge in [0.1, 0.15) is 0 Å². The number of hydrogen-bond acceptors (Lipinski definition) is 2. The number of para-hydroxylation sites is 1. The predicted molar refractivity (Wildman–Crippen MR) is 241 cm³/mol. The summed E-state index contributed by atoms with van der Waals surface area (Å²) in [7, 11) is 0. The predicted octanol–water partition coefficient (Wildman–Crippen LogP) is 14.5. The molecule has 58 heavy (non-hydrogen) atoms. The second-order valence-corrected chi connectivity index (χ2v) is 15.5. The number of anilines is 3. The molecule has 0 unspecified atom stereocenters. The second kappa shape index (κ2) is 12.7. The van der Waals surface area contributed by atoms with E-state index in [0.29, 0.717) is 0 Å². The van der Waals surface area contributed by atoms with Crippen LogP contribution in [0.2, 0.25) is 0 Å². The van der Waals surface area contributed by atoms with Gasteiger partial charge in [-0.05, 0) is 109 Å². The molecule has 12 rings (SSSR count). The molecule has 0 fully saturated rings. The number of fused-ring (bicyclic) bond motifs is 12. The molecular formula is C56H36N2. The summed E-state index contributed by atoms with van der Waals surface area (Å²) < 4.78 is 0. The molecule has 2 heteroatoms. The fourth-order valence-electron chi connectivity index (χ4n) is 9.93. The molecule has 0 bridgehead atoms. The average Bonchev–Trinajstić information content (AvgIpc) is 3.76. The first-order valence-corrected chi connectivity index (χ1v) is 20.0. The van der Waals surface area contributed by atoms with Crippen LogP contribution in [0.5, 0.6) is 0 Å². The highest BCUT2D eigenvalue weighted by Gasteiger charge is 2.51. The minimum atomic E-state index is -0.426. The maximum Gasteiger partial charge on any atom is 0.0788 e. The van der Waals surface area contributed by atoms with Gasteiger partial charge in [-0.15, -0.1) is 0 Å². The average molecular weight is 737 g/mol. The zero-order chi connectivity index (χ0) is 38.2. The highest BCUT2D eigenvalue weighted by atomic mass is 15.1. The monoisotopic (exact) mass is 736 g/mol. The van der Waals surface area contributed by atoms with E-state index in [0.717, 1.165) is 50.3 Å². The molecule has 1 heterocycles. The van der Waals surface area contributed by atoms with E-state index in [-0.39, 0.29) is 0 Å². The quantitative estimate of drug-likeness (QED) is 0.175. The van der Waals surface area contributed by atoms with Gasteiger partial charge >= 0.3 is 0 Å². The normalized spacial score (nSPS) is 13.0. The van der Waals surface area contributed by atoms with Crippen molar-refractivity contribution in [1.29, 1.82) is 0 Å². The van der Waals surface area contributed by atoms with Crippen LogP contribution in [0.25, 0.3) is 66.3 Å². The van der Waals surface area contributed by atoms with Crippen molar-refractivity contribution in [2.24, 2.45) is 0 Å². The Morgan fingerprint density at radius 3 is 1.52 bits per heavy atom. The van der Waals surface area contributed by atoms with Crippen molar-refractivity contribution >= 4 is 38.7 Å². The van der Waals surface area contributed by atoms with Gasteiger partial charge in [0.05, 0.1) is 16.6 Å². The lowest BCUT2D eigenvalue weighted by molar-refractivity contribution is 0.793. The van der Waals surface area contributed by atoms with Crippen LogP contribution in [0.4, 0.5) is 17.1 Å². The summed E-state index contributed by atoms with van der Waals surface area (Å²) >= 11 is 0. The topological polar surface area (TPSA) is 16.1 Å². The minimum Gasteiger partial charge on any atom is -0.310 e. The number of aromatic nitrogens is 1. The van der Waals surface area contributed by atoms with Crippen LogP contribution in [0.1, 0.15) is 22.3 Å². The Hall–Kier alpha value is -7.55. The molecule has 0 aliphatic heterocycles. The molecule has 2 aliphatic carbocycles. The standard InChI is InChI=1S/C56H36N2/c1-2-15-39(16-3-1)55-49(35-41-18-6-13-25-54(41)57-55)38-27-29-42(30-28-38)58(43-31-26-37-14-4-5-17-40(37)34-43)44-32-33-48-47-21-9-12-24-52(47)56(53(48)36-44)50-22-10-7-19-45(50)46-20-8-11-23-51(46)56/h1-36H. The molecule has 0 amide bonds. The molecule has 2 nitrogen and oxygen atoms in total. The minimum absolute atomic E-state index is 0.426. The number of hydrogen-bond donors (Lipinski definition) is 0. The number of nitrogens with zero attached hydrogens (tertiary/aromatic N) is 2. The highest BCUT2D eigenvalue weighted by molar-refractivity contribution is 5.97. The van der Waals surface area contributed by atoms with Crippen molar-refractivity contribution in [2.75, 3.05) is 4.90 Å². The zero-order valence-electron chi connectivity index (χ0n) is 31.7. The van der Waals surface area contributed by atoms with Gasteiger partial charge in [0, 0.05) is 33.6 Å². The molecule has 0 atom stereocenters. The lowest BCUT2D eigenvalue weighted by Gasteiger charge is -2.32. The maximum atomic E-state index is 5.21. The molecule has 0 saturated carbocycles. The van der Waals surface area contributed by atoms with Crippen LogP contribution in [0.15, 0.2) is 218 Å². The van der Waals surface area contributed by atoms with Crippen LogP contribution in [-0.2, 0) is 5.41 Å². The summed E-state index contributed by atoms with van der Waals surface area (Å²) in [5.74, 6) is 0. The van der Waals surface area contributed by atoms with Crippen LogP contribution in [0.3, 0.4) is 0 Å². The van der Waals surface area contributed by atoms with Crippen molar-refractivity contribution in [1.82, 2.24) is 4.98 Å². The van der Waals surface area contributed by atoms with Gasteiger partial charge in [0.2, 0.25) is 0 Å². The lowest BCUT2D eigenvalue weighted by atomic mass is 9.70. The van der Waals surface area contributed by atoms with Gasteiger partial charge in [0.15, 0.2) is 0 Å². The first-order valence-electron chi connectivity index (χ1n) is 20.0. The van der Waals surface area contributed by atoms with Crippen molar-refractivity contribution in [3.8, 4) is 44.6 Å². The molecule has 1 aromatic heterocycles. The van der Waals surface area contributed by atoms with Crippen LogP contribution in [0, 0.1) is 0 Å². The Morgan fingerprint density at radius 2 is 0.828 bits per heavy atom.